The second-order valence-corrected chi connectivity index (χ2v) is 3.97. The van der Waals surface area contributed by atoms with Crippen molar-refractivity contribution in [2.45, 2.75) is 20.3 Å². The number of imidazole rings is 1. The van der Waals surface area contributed by atoms with E-state index in [0.29, 0.717) is 0 Å². The van der Waals surface area contributed by atoms with Crippen molar-refractivity contribution >= 4 is 5.82 Å². The third kappa shape index (κ3) is 2.61. The Morgan fingerprint density at radius 1 is 1.35 bits per heavy atom. The average molecular weight is 231 g/mol. The van der Waals surface area contributed by atoms with Crippen LogP contribution in [0.5, 0.6) is 0 Å². The molecule has 0 aliphatic rings. The molecule has 0 fully saturated rings. The molecule has 1 N–H and O–H groups in total. The number of rotatable bonds is 4. The molecule has 0 spiro atoms. The van der Waals surface area contributed by atoms with Crippen LogP contribution in [-0.2, 0) is 7.05 Å². The van der Waals surface area contributed by atoms with Crippen molar-refractivity contribution in [3.8, 4) is 11.5 Å². The van der Waals surface area contributed by atoms with Crippen LogP contribution in [0, 0.1) is 6.92 Å². The monoisotopic (exact) mass is 231 g/mol. The molecule has 0 aliphatic carbocycles. The smallest absolute Gasteiger partial charge is 0.158 e. The Bertz CT molecular complexity index is 503. The molecule has 5 heteroatoms. The Morgan fingerprint density at radius 3 is 2.82 bits per heavy atom. The quantitative estimate of drug-likeness (QED) is 0.874. The van der Waals surface area contributed by atoms with E-state index < -0.39 is 0 Å². The molecule has 0 aromatic carbocycles. The minimum absolute atomic E-state index is 0.754. The van der Waals surface area contributed by atoms with E-state index in [4.69, 9.17) is 0 Å². The molecular formula is C12H17N5. The van der Waals surface area contributed by atoms with Gasteiger partial charge in [-0.1, -0.05) is 6.92 Å². The molecular weight excluding hydrogens is 214 g/mol. The summed E-state index contributed by atoms with van der Waals surface area (Å²) in [6.45, 7) is 4.93. The van der Waals surface area contributed by atoms with Crippen molar-refractivity contribution in [1.82, 2.24) is 19.5 Å². The molecule has 0 radical (unpaired) electrons. The average Bonchev–Trinajstić information content (AvgIpc) is 2.72. The van der Waals surface area contributed by atoms with Crippen LogP contribution in [0.1, 0.15) is 19.2 Å². The van der Waals surface area contributed by atoms with Gasteiger partial charge in [0.2, 0.25) is 0 Å². The maximum absolute atomic E-state index is 4.41. The van der Waals surface area contributed by atoms with E-state index in [1.54, 1.807) is 6.20 Å². The highest BCUT2D eigenvalue weighted by molar-refractivity contribution is 5.55. The Kier molecular flexibility index (Phi) is 3.37. The van der Waals surface area contributed by atoms with E-state index in [0.717, 1.165) is 36.1 Å². The zero-order valence-electron chi connectivity index (χ0n) is 10.4. The molecule has 2 heterocycles. The first-order valence-corrected chi connectivity index (χ1v) is 5.78. The highest BCUT2D eigenvalue weighted by Crippen LogP contribution is 2.17. The summed E-state index contributed by atoms with van der Waals surface area (Å²) in [5.74, 6) is 2.47. The fourth-order valence-electron chi connectivity index (χ4n) is 1.64. The van der Waals surface area contributed by atoms with Gasteiger partial charge >= 0.3 is 0 Å². The van der Waals surface area contributed by atoms with E-state index in [1.807, 2.05) is 30.8 Å². The molecule has 2 aromatic heterocycles. The van der Waals surface area contributed by atoms with E-state index in [1.165, 1.54) is 0 Å². The van der Waals surface area contributed by atoms with Crippen LogP contribution in [0.25, 0.3) is 11.5 Å². The molecule has 2 rings (SSSR count). The Balaban J connectivity index is 2.35. The second kappa shape index (κ2) is 4.95. The zero-order valence-corrected chi connectivity index (χ0v) is 10.4. The van der Waals surface area contributed by atoms with E-state index in [2.05, 4.69) is 27.2 Å². The van der Waals surface area contributed by atoms with Gasteiger partial charge in [0, 0.05) is 32.1 Å². The summed E-state index contributed by atoms with van der Waals surface area (Å²) in [4.78, 5) is 13.1. The zero-order chi connectivity index (χ0) is 12.3. The molecule has 0 unspecified atom stereocenters. The van der Waals surface area contributed by atoms with Gasteiger partial charge in [-0.25, -0.2) is 15.0 Å². The van der Waals surface area contributed by atoms with Gasteiger partial charge in [0.25, 0.3) is 0 Å². The van der Waals surface area contributed by atoms with Crippen molar-refractivity contribution in [3.05, 3.63) is 24.3 Å². The lowest BCUT2D eigenvalue weighted by atomic mass is 10.3. The third-order valence-electron chi connectivity index (χ3n) is 2.44. The molecule has 17 heavy (non-hydrogen) atoms. The van der Waals surface area contributed by atoms with Crippen molar-refractivity contribution in [2.24, 2.45) is 7.05 Å². The lowest BCUT2D eigenvalue weighted by molar-refractivity contribution is 0.906. The fraction of sp³-hybridized carbons (Fsp3) is 0.417. The SMILES string of the molecule is CCCNc1cc(-c2nccn2C)nc(C)n1. The van der Waals surface area contributed by atoms with Gasteiger partial charge in [-0.05, 0) is 13.3 Å². The molecule has 5 nitrogen and oxygen atoms in total. The van der Waals surface area contributed by atoms with Crippen LogP contribution in [0.15, 0.2) is 18.5 Å². The molecule has 90 valence electrons. The van der Waals surface area contributed by atoms with Gasteiger partial charge in [0.05, 0.1) is 0 Å². The normalized spacial score (nSPS) is 10.5. The number of nitrogens with zero attached hydrogens (tertiary/aromatic N) is 4. The standard InChI is InChI=1S/C12H17N5/c1-4-5-13-11-8-10(15-9(2)16-11)12-14-6-7-17(12)3/h6-8H,4-5H2,1-3H3,(H,13,15,16). The molecule has 0 bridgehead atoms. The number of aromatic nitrogens is 4. The summed E-state index contributed by atoms with van der Waals surface area (Å²) >= 11 is 0. The number of nitrogens with one attached hydrogen (secondary N) is 1. The minimum Gasteiger partial charge on any atom is -0.370 e. The highest BCUT2D eigenvalue weighted by Gasteiger charge is 2.07. The first-order chi connectivity index (χ1) is 8.20. The highest BCUT2D eigenvalue weighted by atomic mass is 15.1. The van der Waals surface area contributed by atoms with Crippen LogP contribution in [-0.4, -0.2) is 26.1 Å². The first-order valence-electron chi connectivity index (χ1n) is 5.78. The van der Waals surface area contributed by atoms with Crippen LogP contribution < -0.4 is 5.32 Å². The van der Waals surface area contributed by atoms with Crippen LogP contribution in [0.3, 0.4) is 0 Å². The summed E-state index contributed by atoms with van der Waals surface area (Å²) in [7, 11) is 1.96. The van der Waals surface area contributed by atoms with Crippen LogP contribution >= 0.6 is 0 Å². The Labute approximate surface area is 101 Å². The van der Waals surface area contributed by atoms with Gasteiger partial charge in [0.1, 0.15) is 17.3 Å². The van der Waals surface area contributed by atoms with Gasteiger partial charge in [-0.15, -0.1) is 0 Å². The summed E-state index contributed by atoms with van der Waals surface area (Å²) in [6.07, 6.45) is 4.75. The second-order valence-electron chi connectivity index (χ2n) is 3.97. The van der Waals surface area contributed by atoms with Crippen molar-refractivity contribution in [1.29, 1.82) is 0 Å². The minimum atomic E-state index is 0.754. The number of hydrogen-bond acceptors (Lipinski definition) is 4. The molecule has 0 atom stereocenters. The largest absolute Gasteiger partial charge is 0.370 e. The van der Waals surface area contributed by atoms with E-state index >= 15 is 0 Å². The van der Waals surface area contributed by atoms with E-state index in [-0.39, 0.29) is 0 Å². The van der Waals surface area contributed by atoms with Gasteiger partial charge in [-0.2, -0.15) is 0 Å². The topological polar surface area (TPSA) is 55.6 Å². The third-order valence-corrected chi connectivity index (χ3v) is 2.44. The van der Waals surface area contributed by atoms with Crippen molar-refractivity contribution in [2.75, 3.05) is 11.9 Å². The Hall–Kier alpha value is -1.91. The summed E-state index contributed by atoms with van der Waals surface area (Å²) < 4.78 is 1.95. The van der Waals surface area contributed by atoms with Gasteiger partial charge in [-0.3, -0.25) is 0 Å². The lowest BCUT2D eigenvalue weighted by Gasteiger charge is -2.07. The molecule has 0 aliphatic heterocycles. The van der Waals surface area contributed by atoms with Crippen LogP contribution in [0.4, 0.5) is 5.82 Å². The van der Waals surface area contributed by atoms with Crippen LogP contribution in [0.2, 0.25) is 0 Å². The Morgan fingerprint density at radius 2 is 2.18 bits per heavy atom. The molecule has 0 saturated heterocycles. The van der Waals surface area contributed by atoms with Crippen molar-refractivity contribution in [3.63, 3.8) is 0 Å². The van der Waals surface area contributed by atoms with E-state index in [9.17, 15) is 0 Å². The summed E-state index contributed by atoms with van der Waals surface area (Å²) in [6, 6.07) is 1.94. The van der Waals surface area contributed by atoms with Gasteiger partial charge < -0.3 is 9.88 Å². The molecule has 0 amide bonds. The predicted molar refractivity (Wildman–Crippen MR) is 67.8 cm³/mol. The lowest BCUT2D eigenvalue weighted by Crippen LogP contribution is -2.05. The molecule has 0 saturated carbocycles. The van der Waals surface area contributed by atoms with Crippen molar-refractivity contribution < 1.29 is 0 Å². The number of hydrogen-bond donors (Lipinski definition) is 1. The first kappa shape index (κ1) is 11.6. The summed E-state index contributed by atoms with van der Waals surface area (Å²) in [5, 5.41) is 3.27. The summed E-state index contributed by atoms with van der Waals surface area (Å²) in [5.41, 5.74) is 0.851. The maximum Gasteiger partial charge on any atom is 0.158 e. The predicted octanol–water partition coefficient (Wildman–Crippen LogP) is 2.01. The van der Waals surface area contributed by atoms with Gasteiger partial charge in [0.15, 0.2) is 5.82 Å². The molecule has 2 aromatic rings. The maximum atomic E-state index is 4.41. The number of aryl methyl sites for hydroxylation is 2. The number of anilines is 1. The fourth-order valence-corrected chi connectivity index (χ4v) is 1.64.